The molecule has 0 aliphatic rings. The Kier molecular flexibility index (Phi) is 4.10. The van der Waals surface area contributed by atoms with Gasteiger partial charge >= 0.3 is 5.97 Å². The van der Waals surface area contributed by atoms with Crippen molar-refractivity contribution < 1.29 is 14.6 Å². The van der Waals surface area contributed by atoms with E-state index in [2.05, 4.69) is 25.5 Å². The molecule has 3 nitrogen and oxygen atoms in total. The fraction of sp³-hybridized carbons (Fsp3) is 0.583. The van der Waals surface area contributed by atoms with Gasteiger partial charge in [0.1, 0.15) is 0 Å². The van der Waals surface area contributed by atoms with Gasteiger partial charge in [-0.25, -0.2) is 4.79 Å². The van der Waals surface area contributed by atoms with E-state index < -0.39 is 6.10 Å². The summed E-state index contributed by atoms with van der Waals surface area (Å²) in [4.78, 5) is 12.1. The Hall–Kier alpha value is -0.870. The number of esters is 1. The molecule has 1 heterocycles. The van der Waals surface area contributed by atoms with E-state index >= 15 is 0 Å². The van der Waals surface area contributed by atoms with Crippen LogP contribution < -0.4 is 0 Å². The van der Waals surface area contributed by atoms with Crippen molar-refractivity contribution in [3.8, 4) is 0 Å². The third-order valence-corrected chi connectivity index (χ3v) is 3.21. The summed E-state index contributed by atoms with van der Waals surface area (Å²) in [6.07, 6.45) is 0.164. The van der Waals surface area contributed by atoms with Gasteiger partial charge in [0, 0.05) is 10.3 Å². The zero-order valence-electron chi connectivity index (χ0n) is 10.1. The van der Waals surface area contributed by atoms with Gasteiger partial charge in [0.15, 0.2) is 0 Å². The van der Waals surface area contributed by atoms with E-state index in [0.717, 1.165) is 4.88 Å². The first kappa shape index (κ1) is 13.2. The molecule has 0 fully saturated rings. The Morgan fingerprint density at radius 3 is 2.69 bits per heavy atom. The van der Waals surface area contributed by atoms with Crippen molar-refractivity contribution in [1.82, 2.24) is 0 Å². The maximum atomic E-state index is 11.2. The minimum absolute atomic E-state index is 0.0643. The first-order chi connectivity index (χ1) is 7.33. The van der Waals surface area contributed by atoms with Crippen LogP contribution in [0.1, 0.15) is 48.5 Å². The predicted molar refractivity (Wildman–Crippen MR) is 64.7 cm³/mol. The molecule has 0 saturated carbocycles. The van der Waals surface area contributed by atoms with E-state index in [0.29, 0.717) is 12.0 Å². The summed E-state index contributed by atoms with van der Waals surface area (Å²) in [6, 6.07) is 1.70. The topological polar surface area (TPSA) is 46.5 Å². The average Bonchev–Trinajstić information content (AvgIpc) is 2.62. The van der Waals surface area contributed by atoms with Crippen molar-refractivity contribution in [2.45, 2.75) is 33.3 Å². The van der Waals surface area contributed by atoms with Gasteiger partial charge in [0.05, 0.1) is 18.8 Å². The smallest absolute Gasteiger partial charge is 0.338 e. The molecule has 1 N–H and O–H groups in total. The van der Waals surface area contributed by atoms with Gasteiger partial charge in [-0.05, 0) is 17.9 Å². The maximum Gasteiger partial charge on any atom is 0.338 e. The van der Waals surface area contributed by atoms with Crippen molar-refractivity contribution in [3.05, 3.63) is 21.9 Å². The lowest BCUT2D eigenvalue weighted by Crippen LogP contribution is -2.10. The number of rotatable bonds is 3. The van der Waals surface area contributed by atoms with E-state index in [4.69, 9.17) is 0 Å². The predicted octanol–water partition coefficient (Wildman–Crippen LogP) is 3.00. The Bertz CT molecular complexity index is 363. The largest absolute Gasteiger partial charge is 0.465 e. The average molecular weight is 242 g/mol. The van der Waals surface area contributed by atoms with Crippen LogP contribution in [0.5, 0.6) is 0 Å². The molecule has 0 bridgehead atoms. The Morgan fingerprint density at radius 2 is 2.19 bits per heavy atom. The van der Waals surface area contributed by atoms with Gasteiger partial charge in [-0.3, -0.25) is 0 Å². The molecule has 90 valence electrons. The number of carbonyl (C=O) groups excluding carboxylic acids is 1. The highest BCUT2D eigenvalue weighted by Gasteiger charge is 2.20. The Morgan fingerprint density at radius 1 is 1.56 bits per heavy atom. The summed E-state index contributed by atoms with van der Waals surface area (Å²) in [6.45, 7) is 6.22. The van der Waals surface area contributed by atoms with Crippen LogP contribution in [0.25, 0.3) is 0 Å². The van der Waals surface area contributed by atoms with Crippen molar-refractivity contribution in [2.24, 2.45) is 5.41 Å². The molecule has 1 aromatic rings. The van der Waals surface area contributed by atoms with Gasteiger partial charge in [-0.15, -0.1) is 11.3 Å². The number of thiophene rings is 1. The summed E-state index contributed by atoms with van der Waals surface area (Å²) in [5.41, 5.74) is 0.574. The van der Waals surface area contributed by atoms with Gasteiger partial charge in [0.25, 0.3) is 0 Å². The summed E-state index contributed by atoms with van der Waals surface area (Å²) in [7, 11) is 1.35. The number of hydrogen-bond donors (Lipinski definition) is 1. The van der Waals surface area contributed by atoms with E-state index in [9.17, 15) is 9.90 Å². The number of hydrogen-bond acceptors (Lipinski definition) is 4. The summed E-state index contributed by atoms with van der Waals surface area (Å²) in [5, 5.41) is 11.7. The molecule has 0 amide bonds. The zero-order valence-corrected chi connectivity index (χ0v) is 10.9. The molecule has 4 heteroatoms. The molecule has 1 atom stereocenters. The van der Waals surface area contributed by atoms with Gasteiger partial charge < -0.3 is 9.84 Å². The van der Waals surface area contributed by atoms with Gasteiger partial charge in [-0.1, -0.05) is 20.8 Å². The lowest BCUT2D eigenvalue weighted by molar-refractivity contribution is 0.0601. The number of carbonyl (C=O) groups is 1. The second-order valence-electron chi connectivity index (χ2n) is 5.01. The zero-order chi connectivity index (χ0) is 12.3. The SMILES string of the molecule is COC(=O)c1csc(C(O)CC(C)(C)C)c1. The molecule has 0 radical (unpaired) electrons. The quantitative estimate of drug-likeness (QED) is 0.829. The summed E-state index contributed by atoms with van der Waals surface area (Å²) >= 11 is 1.39. The highest BCUT2D eigenvalue weighted by molar-refractivity contribution is 7.10. The number of aliphatic hydroxyl groups is 1. The Labute approximate surface area is 100 Å². The van der Waals surface area contributed by atoms with Crippen LogP contribution in [0.3, 0.4) is 0 Å². The minimum Gasteiger partial charge on any atom is -0.465 e. The molecule has 0 saturated heterocycles. The number of methoxy groups -OCH3 is 1. The third-order valence-electron chi connectivity index (χ3n) is 2.17. The maximum absolute atomic E-state index is 11.2. The van der Waals surface area contributed by atoms with E-state index in [1.54, 1.807) is 11.4 Å². The van der Waals surface area contributed by atoms with Gasteiger partial charge in [0.2, 0.25) is 0 Å². The normalized spacial score (nSPS) is 13.6. The molecule has 1 aromatic heterocycles. The Balaban J connectivity index is 2.74. The third kappa shape index (κ3) is 3.61. The van der Waals surface area contributed by atoms with Crippen molar-refractivity contribution in [3.63, 3.8) is 0 Å². The molecular weight excluding hydrogens is 224 g/mol. The van der Waals surface area contributed by atoms with Crippen LogP contribution >= 0.6 is 11.3 Å². The highest BCUT2D eigenvalue weighted by atomic mass is 32.1. The number of ether oxygens (including phenoxy) is 1. The molecule has 0 aromatic carbocycles. The molecule has 0 aliphatic carbocycles. The van der Waals surface area contributed by atoms with Crippen LogP contribution in [-0.2, 0) is 4.74 Å². The number of aliphatic hydroxyl groups excluding tert-OH is 1. The second kappa shape index (κ2) is 4.97. The molecule has 16 heavy (non-hydrogen) atoms. The lowest BCUT2D eigenvalue weighted by atomic mass is 9.89. The van der Waals surface area contributed by atoms with E-state index in [1.165, 1.54) is 18.4 Å². The molecule has 0 spiro atoms. The molecular formula is C12H18O3S. The fourth-order valence-corrected chi connectivity index (χ4v) is 2.30. The fourth-order valence-electron chi connectivity index (χ4n) is 1.43. The molecule has 0 aliphatic heterocycles. The second-order valence-corrected chi connectivity index (χ2v) is 5.95. The van der Waals surface area contributed by atoms with Crippen molar-refractivity contribution >= 4 is 17.3 Å². The first-order valence-electron chi connectivity index (χ1n) is 5.18. The van der Waals surface area contributed by atoms with Crippen LogP contribution in [0.15, 0.2) is 11.4 Å². The summed E-state index contributed by atoms with van der Waals surface area (Å²) in [5.74, 6) is -0.356. The van der Waals surface area contributed by atoms with Crippen molar-refractivity contribution in [2.75, 3.05) is 7.11 Å². The molecule has 1 unspecified atom stereocenters. The van der Waals surface area contributed by atoms with E-state index in [1.807, 2.05) is 0 Å². The van der Waals surface area contributed by atoms with Crippen molar-refractivity contribution in [1.29, 1.82) is 0 Å². The highest BCUT2D eigenvalue weighted by Crippen LogP contribution is 2.32. The van der Waals surface area contributed by atoms with E-state index in [-0.39, 0.29) is 11.4 Å². The monoisotopic (exact) mass is 242 g/mol. The minimum atomic E-state index is -0.511. The lowest BCUT2D eigenvalue weighted by Gasteiger charge is -2.21. The van der Waals surface area contributed by atoms with Gasteiger partial charge in [-0.2, -0.15) is 0 Å². The van der Waals surface area contributed by atoms with Crippen LogP contribution in [0, 0.1) is 5.41 Å². The van der Waals surface area contributed by atoms with Crippen LogP contribution in [0.4, 0.5) is 0 Å². The standard InChI is InChI=1S/C12H18O3S/c1-12(2,3)6-9(13)10-5-8(7-16-10)11(14)15-4/h5,7,9,13H,6H2,1-4H3. The molecule has 1 rings (SSSR count). The summed E-state index contributed by atoms with van der Waals surface area (Å²) < 4.78 is 4.62. The van der Waals surface area contributed by atoms with Crippen LogP contribution in [0.2, 0.25) is 0 Å². The van der Waals surface area contributed by atoms with Crippen LogP contribution in [-0.4, -0.2) is 18.2 Å². The first-order valence-corrected chi connectivity index (χ1v) is 6.06.